The van der Waals surface area contributed by atoms with Crippen molar-refractivity contribution in [1.29, 1.82) is 0 Å². The largest absolute Gasteiger partial charge is 0.416 e. The molecule has 2 fully saturated rings. The number of rotatable bonds is 3. The summed E-state index contributed by atoms with van der Waals surface area (Å²) in [5.41, 5.74) is -1.82. The number of benzene rings is 1. The highest BCUT2D eigenvalue weighted by atomic mass is 19.4. The van der Waals surface area contributed by atoms with Gasteiger partial charge in [0.25, 0.3) is 5.91 Å². The number of anilines is 1. The molecule has 1 aliphatic carbocycles. The van der Waals surface area contributed by atoms with Gasteiger partial charge >= 0.3 is 6.18 Å². The molecule has 130 valence electrons. The fourth-order valence-corrected chi connectivity index (χ4v) is 2.93. The van der Waals surface area contributed by atoms with E-state index in [1.165, 1.54) is 17.0 Å². The Bertz CT molecular complexity index is 654. The third-order valence-electron chi connectivity index (χ3n) is 4.62. The van der Waals surface area contributed by atoms with Gasteiger partial charge in [-0.1, -0.05) is 0 Å². The molecular formula is C16H17F3N2O3. The Morgan fingerprint density at radius 1 is 1.25 bits per heavy atom. The lowest BCUT2D eigenvalue weighted by atomic mass is 9.79. The van der Waals surface area contributed by atoms with E-state index in [0.717, 1.165) is 18.6 Å². The number of carbonyl (C=O) groups excluding carboxylic acids is 2. The van der Waals surface area contributed by atoms with Gasteiger partial charge in [-0.2, -0.15) is 13.2 Å². The van der Waals surface area contributed by atoms with Crippen LogP contribution in [-0.4, -0.2) is 35.1 Å². The first kappa shape index (κ1) is 16.8. The molecule has 1 atom stereocenters. The average Bonchev–Trinajstić information content (AvgIpc) is 2.85. The SMILES string of the molecule is O=C1[C@@H](NC(=O)C2(O)CCC2)CCN1c1ccc(C(F)(F)F)cc1. The number of nitrogens with zero attached hydrogens (tertiary/aromatic N) is 1. The molecular weight excluding hydrogens is 325 g/mol. The van der Waals surface area contributed by atoms with Crippen LogP contribution in [0.15, 0.2) is 24.3 Å². The van der Waals surface area contributed by atoms with E-state index >= 15 is 0 Å². The first-order chi connectivity index (χ1) is 11.2. The Labute approximate surface area is 136 Å². The van der Waals surface area contributed by atoms with E-state index in [-0.39, 0.29) is 5.91 Å². The quantitative estimate of drug-likeness (QED) is 0.881. The van der Waals surface area contributed by atoms with Gasteiger partial charge < -0.3 is 15.3 Å². The van der Waals surface area contributed by atoms with Crippen LogP contribution in [0, 0.1) is 0 Å². The van der Waals surface area contributed by atoms with Crippen molar-refractivity contribution in [3.05, 3.63) is 29.8 Å². The number of alkyl halides is 3. The molecule has 1 saturated carbocycles. The van der Waals surface area contributed by atoms with Gasteiger partial charge in [-0.25, -0.2) is 0 Å². The Morgan fingerprint density at radius 2 is 1.88 bits per heavy atom. The molecule has 2 N–H and O–H groups in total. The summed E-state index contributed by atoms with van der Waals surface area (Å²) in [5.74, 6) is -0.938. The van der Waals surface area contributed by atoms with Crippen molar-refractivity contribution in [3.63, 3.8) is 0 Å². The number of carbonyl (C=O) groups is 2. The van der Waals surface area contributed by atoms with E-state index in [1.807, 2.05) is 0 Å². The first-order valence-corrected chi connectivity index (χ1v) is 7.73. The van der Waals surface area contributed by atoms with Gasteiger partial charge in [0.15, 0.2) is 0 Å². The molecule has 0 bridgehead atoms. The minimum absolute atomic E-state index is 0.299. The number of amides is 2. The Kier molecular flexibility index (Phi) is 4.03. The van der Waals surface area contributed by atoms with Crippen molar-refractivity contribution >= 4 is 17.5 Å². The van der Waals surface area contributed by atoms with Crippen LogP contribution >= 0.6 is 0 Å². The lowest BCUT2D eigenvalue weighted by Gasteiger charge is -2.35. The van der Waals surface area contributed by atoms with Crippen LogP contribution in [0.25, 0.3) is 0 Å². The minimum atomic E-state index is -4.43. The normalized spacial score (nSPS) is 23.1. The van der Waals surface area contributed by atoms with Crippen LogP contribution < -0.4 is 10.2 Å². The molecule has 5 nitrogen and oxygen atoms in total. The van der Waals surface area contributed by atoms with E-state index in [9.17, 15) is 27.9 Å². The number of hydrogen-bond acceptors (Lipinski definition) is 3. The molecule has 0 aromatic heterocycles. The zero-order valence-electron chi connectivity index (χ0n) is 12.8. The second-order valence-corrected chi connectivity index (χ2v) is 6.23. The summed E-state index contributed by atoms with van der Waals surface area (Å²) in [6.07, 6.45) is -2.56. The molecule has 3 rings (SSSR count). The van der Waals surface area contributed by atoms with Gasteiger partial charge in [-0.05, 0) is 49.9 Å². The van der Waals surface area contributed by atoms with Crippen LogP contribution in [0.2, 0.25) is 0 Å². The van der Waals surface area contributed by atoms with Gasteiger partial charge in [0, 0.05) is 12.2 Å². The van der Waals surface area contributed by atoms with Gasteiger partial charge in [-0.3, -0.25) is 9.59 Å². The standard InChI is InChI=1S/C16H17F3N2O3/c17-16(18,19)10-2-4-11(5-3-10)21-9-6-12(13(21)22)20-14(23)15(24)7-1-8-15/h2-5,12,24H,1,6-9H2,(H,20,23)/t12-/m0/s1. The zero-order chi connectivity index (χ0) is 17.5. The lowest BCUT2D eigenvalue weighted by molar-refractivity contribution is -0.150. The van der Waals surface area contributed by atoms with Gasteiger partial charge in [-0.15, -0.1) is 0 Å². The molecule has 2 aliphatic rings. The molecule has 8 heteroatoms. The lowest BCUT2D eigenvalue weighted by Crippen LogP contribution is -2.55. The zero-order valence-corrected chi connectivity index (χ0v) is 12.8. The van der Waals surface area contributed by atoms with Gasteiger partial charge in [0.2, 0.25) is 5.91 Å². The van der Waals surface area contributed by atoms with E-state index in [4.69, 9.17) is 0 Å². The second-order valence-electron chi connectivity index (χ2n) is 6.23. The average molecular weight is 342 g/mol. The summed E-state index contributed by atoms with van der Waals surface area (Å²) < 4.78 is 37.7. The van der Waals surface area contributed by atoms with Crippen LogP contribution in [0.3, 0.4) is 0 Å². The van der Waals surface area contributed by atoms with Crippen LogP contribution in [0.5, 0.6) is 0 Å². The van der Waals surface area contributed by atoms with Crippen LogP contribution in [0.4, 0.5) is 18.9 Å². The smallest absolute Gasteiger partial charge is 0.380 e. The molecule has 0 radical (unpaired) electrons. The molecule has 24 heavy (non-hydrogen) atoms. The van der Waals surface area contributed by atoms with E-state index in [1.54, 1.807) is 0 Å². The fraction of sp³-hybridized carbons (Fsp3) is 0.500. The maximum absolute atomic E-state index is 12.6. The third-order valence-corrected chi connectivity index (χ3v) is 4.62. The Hall–Kier alpha value is -2.09. The van der Waals surface area contributed by atoms with Crippen molar-refractivity contribution in [1.82, 2.24) is 5.32 Å². The maximum atomic E-state index is 12.6. The van der Waals surface area contributed by atoms with Crippen molar-refractivity contribution in [2.24, 2.45) is 0 Å². The second kappa shape index (κ2) is 5.77. The predicted molar refractivity (Wildman–Crippen MR) is 79.1 cm³/mol. The van der Waals surface area contributed by atoms with Crippen molar-refractivity contribution in [2.45, 2.75) is 43.5 Å². The Morgan fingerprint density at radius 3 is 2.38 bits per heavy atom. The monoisotopic (exact) mass is 342 g/mol. The van der Waals surface area contributed by atoms with Crippen molar-refractivity contribution < 1.29 is 27.9 Å². The molecule has 1 heterocycles. The highest BCUT2D eigenvalue weighted by Crippen LogP contribution is 2.33. The summed E-state index contributed by atoms with van der Waals surface area (Å²) in [5, 5.41) is 12.5. The molecule has 1 aromatic carbocycles. The molecule has 2 amide bonds. The molecule has 1 saturated heterocycles. The molecule has 0 unspecified atom stereocenters. The molecule has 1 aliphatic heterocycles. The summed E-state index contributed by atoms with van der Waals surface area (Å²) in [7, 11) is 0. The minimum Gasteiger partial charge on any atom is -0.380 e. The molecule has 1 aromatic rings. The van der Waals surface area contributed by atoms with E-state index in [0.29, 0.717) is 31.5 Å². The van der Waals surface area contributed by atoms with Crippen molar-refractivity contribution in [2.75, 3.05) is 11.4 Å². The number of halogens is 3. The highest BCUT2D eigenvalue weighted by molar-refractivity contribution is 6.02. The topological polar surface area (TPSA) is 69.6 Å². The summed E-state index contributed by atoms with van der Waals surface area (Å²) >= 11 is 0. The van der Waals surface area contributed by atoms with Crippen LogP contribution in [-0.2, 0) is 15.8 Å². The summed E-state index contributed by atoms with van der Waals surface area (Å²) in [6.45, 7) is 0.299. The maximum Gasteiger partial charge on any atom is 0.416 e. The van der Waals surface area contributed by atoms with E-state index in [2.05, 4.69) is 5.32 Å². The van der Waals surface area contributed by atoms with Gasteiger partial charge in [0.1, 0.15) is 11.6 Å². The summed E-state index contributed by atoms with van der Waals surface area (Å²) in [4.78, 5) is 25.7. The van der Waals surface area contributed by atoms with E-state index < -0.39 is 29.3 Å². The summed E-state index contributed by atoms with van der Waals surface area (Å²) in [6, 6.07) is 3.57. The number of hydrogen-bond donors (Lipinski definition) is 2. The fourth-order valence-electron chi connectivity index (χ4n) is 2.93. The Balaban J connectivity index is 1.66. The third kappa shape index (κ3) is 2.98. The van der Waals surface area contributed by atoms with Crippen LogP contribution in [0.1, 0.15) is 31.2 Å². The van der Waals surface area contributed by atoms with Crippen molar-refractivity contribution in [3.8, 4) is 0 Å². The number of aliphatic hydroxyl groups is 1. The number of nitrogens with one attached hydrogen (secondary N) is 1. The highest BCUT2D eigenvalue weighted by Gasteiger charge is 2.44. The first-order valence-electron chi connectivity index (χ1n) is 7.73. The predicted octanol–water partition coefficient (Wildman–Crippen LogP) is 1.84. The van der Waals surface area contributed by atoms with Gasteiger partial charge in [0.05, 0.1) is 5.56 Å². The molecule has 0 spiro atoms.